The number of ether oxygens (including phenoxy) is 1. The molecule has 1 aliphatic rings. The van der Waals surface area contributed by atoms with E-state index in [1.54, 1.807) is 24.4 Å². The van der Waals surface area contributed by atoms with E-state index >= 15 is 0 Å². The third-order valence-corrected chi connectivity index (χ3v) is 7.76. The summed E-state index contributed by atoms with van der Waals surface area (Å²) in [6, 6.07) is 10.2. The number of anilines is 2. The van der Waals surface area contributed by atoms with Crippen LogP contribution in [0.3, 0.4) is 0 Å². The van der Waals surface area contributed by atoms with Gasteiger partial charge in [-0.25, -0.2) is 27.5 Å². The number of carbonyl (C=O) groups excluding carboxylic acids is 1. The van der Waals surface area contributed by atoms with E-state index in [2.05, 4.69) is 14.7 Å². The van der Waals surface area contributed by atoms with Crippen LogP contribution in [0.2, 0.25) is 0 Å². The number of pyridine rings is 2. The molecule has 0 radical (unpaired) electrons. The van der Waals surface area contributed by atoms with E-state index in [1.807, 2.05) is 32.6 Å². The van der Waals surface area contributed by atoms with Crippen molar-refractivity contribution < 1.29 is 22.3 Å². The van der Waals surface area contributed by atoms with Gasteiger partial charge < -0.3 is 15.4 Å². The Bertz CT molecular complexity index is 1440. The molecular weight excluding hydrogens is 509 g/mol. The second-order valence-corrected chi connectivity index (χ2v) is 11.6. The lowest BCUT2D eigenvalue weighted by Crippen LogP contribution is -2.37. The number of sulfonamides is 1. The van der Waals surface area contributed by atoms with Crippen LogP contribution in [-0.4, -0.2) is 43.0 Å². The van der Waals surface area contributed by atoms with Gasteiger partial charge in [-0.3, -0.25) is 4.79 Å². The van der Waals surface area contributed by atoms with Crippen molar-refractivity contribution in [2.24, 2.45) is 5.92 Å². The predicted molar refractivity (Wildman–Crippen MR) is 144 cm³/mol. The second kappa shape index (κ2) is 10.9. The predicted octanol–water partition coefficient (Wildman–Crippen LogP) is 4.40. The Kier molecular flexibility index (Phi) is 7.86. The molecule has 1 saturated heterocycles. The Labute approximate surface area is 222 Å². The highest BCUT2D eigenvalue weighted by Gasteiger charge is 2.32. The number of nitrogen functional groups attached to an aromatic ring is 1. The third kappa shape index (κ3) is 5.88. The minimum atomic E-state index is -4.37. The monoisotopic (exact) mass is 541 g/mol. The number of benzene rings is 1. The summed E-state index contributed by atoms with van der Waals surface area (Å²) in [5.74, 6) is -0.669. The van der Waals surface area contributed by atoms with Gasteiger partial charge in [0.05, 0.1) is 17.9 Å². The van der Waals surface area contributed by atoms with Crippen LogP contribution in [0.4, 0.5) is 16.0 Å². The lowest BCUT2D eigenvalue weighted by atomic mass is 10.1. The SMILES string of the molecule is CC(C)COc1cc(F)cc(-c2ccc(S(=O)(=O)NC(=O)c3cccnc3N3[C@H](C)CC[C@@H]3C)c(N)n2)c1. The minimum absolute atomic E-state index is 0.147. The van der Waals surface area contributed by atoms with Gasteiger partial charge in [0.15, 0.2) is 0 Å². The van der Waals surface area contributed by atoms with Crippen molar-refractivity contribution in [1.29, 1.82) is 0 Å². The van der Waals surface area contributed by atoms with Crippen molar-refractivity contribution in [3.63, 3.8) is 0 Å². The normalized spacial score (nSPS) is 17.6. The van der Waals surface area contributed by atoms with Crippen LogP contribution >= 0.6 is 0 Å². The topological polar surface area (TPSA) is 128 Å². The molecular formula is C27H32FN5O4S. The van der Waals surface area contributed by atoms with Crippen molar-refractivity contribution in [2.75, 3.05) is 17.2 Å². The number of halogens is 1. The van der Waals surface area contributed by atoms with Gasteiger partial charge in [0.2, 0.25) is 0 Å². The summed E-state index contributed by atoms with van der Waals surface area (Å²) in [5, 5.41) is 0. The van der Waals surface area contributed by atoms with E-state index in [-0.39, 0.29) is 40.0 Å². The van der Waals surface area contributed by atoms with E-state index in [0.717, 1.165) is 12.8 Å². The summed E-state index contributed by atoms with van der Waals surface area (Å²) in [4.78, 5) is 23.4. The average molecular weight is 542 g/mol. The maximum atomic E-state index is 14.2. The second-order valence-electron chi connectivity index (χ2n) is 9.95. The molecule has 0 spiro atoms. The largest absolute Gasteiger partial charge is 0.493 e. The zero-order valence-corrected chi connectivity index (χ0v) is 22.6. The highest BCUT2D eigenvalue weighted by molar-refractivity contribution is 7.90. The Morgan fingerprint density at radius 2 is 1.89 bits per heavy atom. The van der Waals surface area contributed by atoms with Crippen LogP contribution in [0.1, 0.15) is 50.9 Å². The van der Waals surface area contributed by atoms with Crippen molar-refractivity contribution in [2.45, 2.75) is 57.5 Å². The number of carbonyl (C=O) groups is 1. The zero-order valence-electron chi connectivity index (χ0n) is 21.8. The lowest BCUT2D eigenvalue weighted by Gasteiger charge is -2.29. The van der Waals surface area contributed by atoms with Crippen molar-refractivity contribution in [1.82, 2.24) is 14.7 Å². The van der Waals surface area contributed by atoms with Gasteiger partial charge in [0.1, 0.15) is 28.1 Å². The molecule has 9 nitrogen and oxygen atoms in total. The molecule has 0 unspecified atom stereocenters. The number of nitrogens with zero attached hydrogens (tertiary/aromatic N) is 3. The molecule has 2 aromatic heterocycles. The molecule has 1 aromatic carbocycles. The van der Waals surface area contributed by atoms with Crippen LogP contribution in [0, 0.1) is 11.7 Å². The molecule has 3 N–H and O–H groups in total. The number of nitrogens with two attached hydrogens (primary N) is 1. The van der Waals surface area contributed by atoms with E-state index in [0.29, 0.717) is 23.7 Å². The van der Waals surface area contributed by atoms with Gasteiger partial charge in [-0.2, -0.15) is 0 Å². The van der Waals surface area contributed by atoms with E-state index in [4.69, 9.17) is 10.5 Å². The molecule has 0 bridgehead atoms. The van der Waals surface area contributed by atoms with E-state index < -0.39 is 21.7 Å². The number of hydrogen-bond donors (Lipinski definition) is 2. The molecule has 4 rings (SSSR count). The minimum Gasteiger partial charge on any atom is -0.493 e. The standard InChI is InChI=1S/C27H32FN5O4S/c1-16(2)15-37-21-13-19(12-20(28)14-21)23-9-10-24(25(29)31-23)38(35,36)32-27(34)22-6-5-11-30-26(22)33-17(3)7-8-18(33)4/h5-6,9-14,16-18H,7-8,15H2,1-4H3,(H2,29,31)(H,32,34)/t17-,18+. The van der Waals surface area contributed by atoms with E-state index in [9.17, 15) is 17.6 Å². The van der Waals surface area contributed by atoms with Crippen molar-refractivity contribution >= 4 is 27.6 Å². The Morgan fingerprint density at radius 3 is 2.55 bits per heavy atom. The quantitative estimate of drug-likeness (QED) is 0.430. The molecule has 0 saturated carbocycles. The van der Waals surface area contributed by atoms with Crippen LogP contribution in [0.5, 0.6) is 5.75 Å². The fourth-order valence-corrected chi connectivity index (χ4v) is 5.56. The molecule has 3 aromatic rings. The fraction of sp³-hybridized carbons (Fsp3) is 0.370. The first-order valence-electron chi connectivity index (χ1n) is 12.5. The first-order valence-corrected chi connectivity index (χ1v) is 14.0. The molecule has 38 heavy (non-hydrogen) atoms. The van der Waals surface area contributed by atoms with Gasteiger partial charge in [0, 0.05) is 29.9 Å². The lowest BCUT2D eigenvalue weighted by molar-refractivity contribution is 0.0981. The third-order valence-electron chi connectivity index (χ3n) is 6.38. The average Bonchev–Trinajstić information content (AvgIpc) is 3.19. The Hall–Kier alpha value is -3.73. The maximum absolute atomic E-state index is 14.2. The number of rotatable bonds is 8. The molecule has 3 heterocycles. The zero-order chi connectivity index (χ0) is 27.6. The molecule has 1 fully saturated rings. The highest BCUT2D eigenvalue weighted by Crippen LogP contribution is 2.32. The number of aromatic nitrogens is 2. The van der Waals surface area contributed by atoms with Gasteiger partial charge in [-0.05, 0) is 69.0 Å². The Balaban J connectivity index is 1.59. The summed E-state index contributed by atoms with van der Waals surface area (Å²) in [6.07, 6.45) is 3.47. The maximum Gasteiger partial charge on any atom is 0.268 e. The van der Waals surface area contributed by atoms with Gasteiger partial charge >= 0.3 is 0 Å². The highest BCUT2D eigenvalue weighted by atomic mass is 32.2. The molecule has 1 amide bonds. The Morgan fingerprint density at radius 1 is 1.18 bits per heavy atom. The van der Waals surface area contributed by atoms with Gasteiger partial charge in [-0.15, -0.1) is 0 Å². The summed E-state index contributed by atoms with van der Waals surface area (Å²) < 4.78 is 48.2. The number of hydrogen-bond acceptors (Lipinski definition) is 8. The van der Waals surface area contributed by atoms with Crippen molar-refractivity contribution in [3.05, 3.63) is 60.0 Å². The van der Waals surface area contributed by atoms with Crippen LogP contribution < -0.4 is 20.1 Å². The molecule has 202 valence electrons. The molecule has 2 atom stereocenters. The van der Waals surface area contributed by atoms with Gasteiger partial charge in [-0.1, -0.05) is 13.8 Å². The van der Waals surface area contributed by atoms with Crippen LogP contribution in [0.25, 0.3) is 11.3 Å². The summed E-state index contributed by atoms with van der Waals surface area (Å²) in [6.45, 7) is 8.45. The molecule has 0 aliphatic carbocycles. The fourth-order valence-electron chi connectivity index (χ4n) is 4.53. The van der Waals surface area contributed by atoms with Gasteiger partial charge in [0.25, 0.3) is 15.9 Å². The summed E-state index contributed by atoms with van der Waals surface area (Å²) >= 11 is 0. The van der Waals surface area contributed by atoms with Crippen molar-refractivity contribution in [3.8, 4) is 17.0 Å². The van der Waals surface area contributed by atoms with Crippen LogP contribution in [0.15, 0.2) is 53.6 Å². The molecule has 11 heteroatoms. The first-order chi connectivity index (χ1) is 18.0. The summed E-state index contributed by atoms with van der Waals surface area (Å²) in [5.41, 5.74) is 6.79. The summed E-state index contributed by atoms with van der Waals surface area (Å²) in [7, 11) is -4.37. The number of amides is 1. The van der Waals surface area contributed by atoms with Crippen LogP contribution in [-0.2, 0) is 10.0 Å². The van der Waals surface area contributed by atoms with E-state index in [1.165, 1.54) is 24.3 Å². The first kappa shape index (κ1) is 27.3. The molecule has 1 aliphatic heterocycles. The number of nitrogens with one attached hydrogen (secondary N) is 1. The smallest absolute Gasteiger partial charge is 0.268 e.